The van der Waals surface area contributed by atoms with Crippen molar-refractivity contribution >= 4 is 29.6 Å². The molecule has 3 unspecified atom stereocenters. The molecule has 3 atom stereocenters. The van der Waals surface area contributed by atoms with Gasteiger partial charge in [0, 0.05) is 29.7 Å². The van der Waals surface area contributed by atoms with Gasteiger partial charge in [-0.1, -0.05) is 66.2 Å². The highest BCUT2D eigenvalue weighted by molar-refractivity contribution is 6.30. The van der Waals surface area contributed by atoms with Gasteiger partial charge in [0.25, 0.3) is 0 Å². The van der Waals surface area contributed by atoms with Crippen LogP contribution in [0.4, 0.5) is 0 Å². The predicted molar refractivity (Wildman–Crippen MR) is 122 cm³/mol. The van der Waals surface area contributed by atoms with E-state index >= 15 is 0 Å². The van der Waals surface area contributed by atoms with E-state index in [-0.39, 0.29) is 12.0 Å². The highest BCUT2D eigenvalue weighted by Gasteiger charge is 2.57. The molecule has 0 spiro atoms. The van der Waals surface area contributed by atoms with Crippen LogP contribution in [0.1, 0.15) is 37.3 Å². The molecule has 31 heavy (non-hydrogen) atoms. The van der Waals surface area contributed by atoms with Gasteiger partial charge in [-0.25, -0.2) is 4.79 Å². The summed E-state index contributed by atoms with van der Waals surface area (Å²) in [6.07, 6.45) is 3.85. The lowest BCUT2D eigenvalue weighted by Gasteiger charge is -2.50. The Bertz CT molecular complexity index is 1050. The number of aliphatic carboxylic acids is 2. The number of benzene rings is 2. The van der Waals surface area contributed by atoms with E-state index in [0.717, 1.165) is 5.56 Å². The minimum absolute atomic E-state index is 0.0818. The molecular weight excluding hydrogens is 414 g/mol. The molecule has 3 rings (SSSR count). The summed E-state index contributed by atoms with van der Waals surface area (Å²) in [4.78, 5) is 27.0. The molecule has 0 bridgehead atoms. The molecule has 1 heterocycles. The minimum atomic E-state index is -1.40. The van der Waals surface area contributed by atoms with Crippen LogP contribution >= 0.6 is 11.6 Å². The Morgan fingerprint density at radius 3 is 2.39 bits per heavy atom. The Morgan fingerprint density at radius 2 is 1.81 bits per heavy atom. The van der Waals surface area contributed by atoms with Gasteiger partial charge in [-0.3, -0.25) is 4.79 Å². The first kappa shape index (κ1) is 22.6. The Morgan fingerprint density at radius 1 is 1.13 bits per heavy atom. The molecule has 162 valence electrons. The predicted octanol–water partition coefficient (Wildman–Crippen LogP) is 5.29. The summed E-state index contributed by atoms with van der Waals surface area (Å²) >= 11 is 6.21. The Kier molecular flexibility index (Phi) is 6.56. The average molecular weight is 440 g/mol. The van der Waals surface area contributed by atoms with Crippen LogP contribution in [0.15, 0.2) is 71.9 Å². The Labute approximate surface area is 187 Å². The van der Waals surface area contributed by atoms with Crippen molar-refractivity contribution in [3.63, 3.8) is 0 Å². The highest BCUT2D eigenvalue weighted by Crippen LogP contribution is 2.53. The smallest absolute Gasteiger partial charge is 0.333 e. The molecule has 0 amide bonds. The summed E-state index contributed by atoms with van der Waals surface area (Å²) in [5, 5.41) is 21.1. The second kappa shape index (κ2) is 8.98. The van der Waals surface area contributed by atoms with Crippen molar-refractivity contribution in [3.05, 3.63) is 88.1 Å². The van der Waals surface area contributed by atoms with Gasteiger partial charge in [0.1, 0.15) is 5.41 Å². The van der Waals surface area contributed by atoms with E-state index < -0.39 is 29.3 Å². The lowest BCUT2D eigenvalue weighted by Crippen LogP contribution is -2.56. The number of hydrogen-bond donors (Lipinski definition) is 2. The van der Waals surface area contributed by atoms with E-state index in [0.29, 0.717) is 16.3 Å². The highest BCUT2D eigenvalue weighted by atomic mass is 35.5. The van der Waals surface area contributed by atoms with Gasteiger partial charge in [0.05, 0.1) is 5.57 Å². The maximum absolute atomic E-state index is 12.9. The van der Waals surface area contributed by atoms with Crippen molar-refractivity contribution in [2.45, 2.75) is 32.2 Å². The zero-order chi connectivity index (χ0) is 22.8. The van der Waals surface area contributed by atoms with Crippen molar-refractivity contribution < 1.29 is 19.8 Å². The molecule has 6 heteroatoms. The zero-order valence-electron chi connectivity index (χ0n) is 17.7. The molecule has 0 aromatic heterocycles. The van der Waals surface area contributed by atoms with Crippen molar-refractivity contribution in [1.82, 2.24) is 4.90 Å². The fraction of sp³-hybridized carbons (Fsp3) is 0.280. The molecule has 1 aliphatic heterocycles. The molecule has 0 aliphatic carbocycles. The summed E-state index contributed by atoms with van der Waals surface area (Å²) in [5.74, 6) is -3.03. The number of nitrogens with zero attached hydrogens (tertiary/aromatic N) is 1. The normalized spacial score (nSPS) is 23.9. The molecule has 2 aromatic rings. The quantitative estimate of drug-likeness (QED) is 0.639. The Hall–Kier alpha value is -3.05. The molecule has 0 fully saturated rings. The van der Waals surface area contributed by atoms with E-state index in [1.807, 2.05) is 49.4 Å². The van der Waals surface area contributed by atoms with Crippen molar-refractivity contribution in [1.29, 1.82) is 0 Å². The molecule has 5 nitrogen and oxygen atoms in total. The van der Waals surface area contributed by atoms with Crippen LogP contribution in [-0.4, -0.2) is 40.1 Å². The first-order chi connectivity index (χ1) is 14.7. The molecule has 1 aliphatic rings. The maximum Gasteiger partial charge on any atom is 0.333 e. The van der Waals surface area contributed by atoms with Crippen LogP contribution in [0.2, 0.25) is 5.02 Å². The number of carboxylic acids is 2. The molecule has 0 radical (unpaired) electrons. The van der Waals surface area contributed by atoms with Crippen LogP contribution in [0.3, 0.4) is 0 Å². The van der Waals surface area contributed by atoms with Crippen LogP contribution in [0, 0.1) is 5.41 Å². The summed E-state index contributed by atoms with van der Waals surface area (Å²) in [6.45, 7) is 3.56. The topological polar surface area (TPSA) is 77.8 Å². The summed E-state index contributed by atoms with van der Waals surface area (Å²) in [7, 11) is 1.75. The van der Waals surface area contributed by atoms with Crippen molar-refractivity contribution in [2.75, 3.05) is 7.05 Å². The third-order valence-electron chi connectivity index (χ3n) is 6.43. The first-order valence-corrected chi connectivity index (χ1v) is 10.4. The van der Waals surface area contributed by atoms with E-state index in [1.54, 1.807) is 43.1 Å². The zero-order valence-corrected chi connectivity index (χ0v) is 18.5. The lowest BCUT2D eigenvalue weighted by atomic mass is 9.60. The number of allylic oxidation sites excluding steroid dienone is 2. The van der Waals surface area contributed by atoms with Gasteiger partial charge in [-0.15, -0.1) is 0 Å². The second-order valence-electron chi connectivity index (χ2n) is 7.94. The van der Waals surface area contributed by atoms with Crippen LogP contribution in [0.5, 0.6) is 0 Å². The third-order valence-corrected chi connectivity index (χ3v) is 6.66. The summed E-state index contributed by atoms with van der Waals surface area (Å²) in [5.41, 5.74) is 0.758. The monoisotopic (exact) mass is 439 g/mol. The van der Waals surface area contributed by atoms with Gasteiger partial charge >= 0.3 is 11.9 Å². The van der Waals surface area contributed by atoms with E-state index in [1.165, 1.54) is 0 Å². The van der Waals surface area contributed by atoms with Crippen LogP contribution in [-0.2, 0) is 9.59 Å². The van der Waals surface area contributed by atoms with Gasteiger partial charge in [-0.2, -0.15) is 0 Å². The Balaban J connectivity index is 2.22. The summed E-state index contributed by atoms with van der Waals surface area (Å²) < 4.78 is 0. The molecule has 0 saturated heterocycles. The van der Waals surface area contributed by atoms with Gasteiger partial charge in [0.15, 0.2) is 0 Å². The van der Waals surface area contributed by atoms with E-state index in [4.69, 9.17) is 11.6 Å². The number of hydrogen-bond acceptors (Lipinski definition) is 3. The van der Waals surface area contributed by atoms with Crippen LogP contribution in [0.25, 0.3) is 6.08 Å². The third kappa shape index (κ3) is 4.10. The first-order valence-electron chi connectivity index (χ1n) is 10.1. The molecule has 0 saturated carbocycles. The number of rotatable bonds is 6. The second-order valence-corrected chi connectivity index (χ2v) is 8.38. The average Bonchev–Trinajstić information content (AvgIpc) is 2.73. The van der Waals surface area contributed by atoms with Gasteiger partial charge < -0.3 is 15.1 Å². The largest absolute Gasteiger partial charge is 0.481 e. The fourth-order valence-electron chi connectivity index (χ4n) is 4.59. The maximum atomic E-state index is 12.9. The van der Waals surface area contributed by atoms with Gasteiger partial charge in [-0.05, 0) is 43.5 Å². The number of carbonyl (C=O) groups is 2. The van der Waals surface area contributed by atoms with E-state index in [9.17, 15) is 19.8 Å². The minimum Gasteiger partial charge on any atom is -0.481 e. The van der Waals surface area contributed by atoms with Gasteiger partial charge in [0.2, 0.25) is 0 Å². The standard InChI is InChI=1S/C25H26ClNO4/c1-16-21(23(28)29)22(19-12-7-13-20(26)15-19)25(24(30)31,17(2)27(16)3)14-8-11-18-9-5-4-6-10-18/h4-13,15,17,22H,14H2,1-3H3,(H,28,29)(H,30,31). The van der Waals surface area contributed by atoms with Crippen molar-refractivity contribution in [2.24, 2.45) is 5.41 Å². The molecule has 2 N–H and O–H groups in total. The number of halogens is 1. The molecular formula is C25H26ClNO4. The number of carboxylic acid groups (broad SMARTS) is 2. The van der Waals surface area contributed by atoms with Crippen LogP contribution < -0.4 is 0 Å². The summed E-state index contributed by atoms with van der Waals surface area (Å²) in [6, 6.07) is 16.0. The SMILES string of the molecule is CC1=C(C(=O)O)C(c2cccc(Cl)c2)C(CC=Cc2ccccc2)(C(=O)O)C(C)N1C. The lowest BCUT2D eigenvalue weighted by molar-refractivity contribution is -0.155. The van der Waals surface area contributed by atoms with Crippen molar-refractivity contribution in [3.8, 4) is 0 Å². The molecule has 2 aromatic carbocycles. The fourth-order valence-corrected chi connectivity index (χ4v) is 4.79. The van der Waals surface area contributed by atoms with E-state index in [2.05, 4.69) is 0 Å².